The third kappa shape index (κ3) is 3.75. The van der Waals surface area contributed by atoms with E-state index in [1.165, 1.54) is 0 Å². The summed E-state index contributed by atoms with van der Waals surface area (Å²) in [5.41, 5.74) is 1.66. The van der Waals surface area contributed by atoms with Crippen LogP contribution in [0.5, 0.6) is 0 Å². The lowest BCUT2D eigenvalue weighted by Gasteiger charge is -2.34. The zero-order valence-electron chi connectivity index (χ0n) is 14.1. The first-order valence-electron chi connectivity index (χ1n) is 8.80. The fourth-order valence-electron chi connectivity index (χ4n) is 3.83. The number of ether oxygens (including phenoxy) is 1. The molecular weight excluding hydrogens is 292 g/mol. The summed E-state index contributed by atoms with van der Waals surface area (Å²) in [4.78, 5) is 12.6. The number of hydrogen-bond donors (Lipinski definition) is 3. The van der Waals surface area contributed by atoms with Gasteiger partial charge in [0.1, 0.15) is 0 Å². The van der Waals surface area contributed by atoms with Gasteiger partial charge in [-0.2, -0.15) is 5.10 Å². The lowest BCUT2D eigenvalue weighted by molar-refractivity contribution is -0.0510. The van der Waals surface area contributed by atoms with Crippen LogP contribution in [0.4, 0.5) is 0 Å². The van der Waals surface area contributed by atoms with Crippen LogP contribution in [-0.2, 0) is 4.74 Å². The van der Waals surface area contributed by atoms with Crippen LogP contribution in [0, 0.1) is 11.8 Å². The molecule has 3 atom stereocenters. The van der Waals surface area contributed by atoms with Gasteiger partial charge in [0.25, 0.3) is 5.91 Å². The maximum atomic E-state index is 12.6. The van der Waals surface area contributed by atoms with Crippen molar-refractivity contribution in [1.82, 2.24) is 20.8 Å². The molecule has 3 unspecified atom stereocenters. The van der Waals surface area contributed by atoms with Crippen LogP contribution < -0.4 is 10.6 Å². The summed E-state index contributed by atoms with van der Waals surface area (Å²) in [6.07, 6.45) is 5.14. The third-order valence-corrected chi connectivity index (χ3v) is 5.06. The molecule has 6 nitrogen and oxygen atoms in total. The van der Waals surface area contributed by atoms with Crippen molar-refractivity contribution in [2.45, 2.75) is 45.1 Å². The Kier molecular flexibility index (Phi) is 5.33. The Hall–Kier alpha value is -1.40. The number of carbonyl (C=O) groups is 1. The Morgan fingerprint density at radius 2 is 2.35 bits per heavy atom. The summed E-state index contributed by atoms with van der Waals surface area (Å²) in [5, 5.41) is 13.5. The molecule has 0 saturated carbocycles. The van der Waals surface area contributed by atoms with Crippen molar-refractivity contribution in [2.75, 3.05) is 26.2 Å². The van der Waals surface area contributed by atoms with E-state index in [1.807, 2.05) is 0 Å². The van der Waals surface area contributed by atoms with Crippen LogP contribution in [0.3, 0.4) is 0 Å². The summed E-state index contributed by atoms with van der Waals surface area (Å²) in [6, 6.07) is 0. The molecule has 1 aromatic rings. The van der Waals surface area contributed by atoms with E-state index in [1.54, 1.807) is 6.20 Å². The molecule has 1 aromatic heterocycles. The second-order valence-corrected chi connectivity index (χ2v) is 7.08. The highest BCUT2D eigenvalue weighted by atomic mass is 16.5. The van der Waals surface area contributed by atoms with Gasteiger partial charge < -0.3 is 15.4 Å². The average molecular weight is 320 g/mol. The summed E-state index contributed by atoms with van der Waals surface area (Å²) >= 11 is 0. The van der Waals surface area contributed by atoms with Crippen LogP contribution in [0.15, 0.2) is 6.20 Å². The molecule has 128 valence electrons. The van der Waals surface area contributed by atoms with E-state index in [-0.39, 0.29) is 12.0 Å². The standard InChI is InChI=1S/C17H28N4O2/c1-11(2)16-13(4-3-7-23-16)9-19-17(22)14-10-20-21-15(14)12-5-6-18-8-12/h10-13,16,18H,3-9H2,1-2H3,(H,19,22)(H,20,21). The van der Waals surface area contributed by atoms with E-state index in [2.05, 4.69) is 34.7 Å². The van der Waals surface area contributed by atoms with Crippen LogP contribution in [-0.4, -0.2) is 48.4 Å². The van der Waals surface area contributed by atoms with Crippen molar-refractivity contribution >= 4 is 5.91 Å². The van der Waals surface area contributed by atoms with Crippen molar-refractivity contribution < 1.29 is 9.53 Å². The van der Waals surface area contributed by atoms with Gasteiger partial charge in [-0.3, -0.25) is 9.89 Å². The van der Waals surface area contributed by atoms with E-state index < -0.39 is 0 Å². The lowest BCUT2D eigenvalue weighted by Crippen LogP contribution is -2.41. The van der Waals surface area contributed by atoms with E-state index >= 15 is 0 Å². The summed E-state index contributed by atoms with van der Waals surface area (Å²) in [7, 11) is 0. The molecule has 0 spiro atoms. The van der Waals surface area contributed by atoms with Crippen molar-refractivity contribution in [3.05, 3.63) is 17.5 Å². The first-order valence-corrected chi connectivity index (χ1v) is 8.80. The number of rotatable bonds is 5. The number of aromatic nitrogens is 2. The van der Waals surface area contributed by atoms with Crippen LogP contribution >= 0.6 is 0 Å². The van der Waals surface area contributed by atoms with Gasteiger partial charge in [-0.05, 0) is 31.7 Å². The first-order chi connectivity index (χ1) is 11.2. The number of H-pyrrole nitrogens is 1. The number of nitrogens with one attached hydrogen (secondary N) is 3. The van der Waals surface area contributed by atoms with Gasteiger partial charge in [-0.25, -0.2) is 0 Å². The molecule has 3 heterocycles. The second-order valence-electron chi connectivity index (χ2n) is 7.08. The molecule has 3 N–H and O–H groups in total. The third-order valence-electron chi connectivity index (χ3n) is 5.06. The minimum atomic E-state index is -0.0197. The largest absolute Gasteiger partial charge is 0.378 e. The van der Waals surface area contributed by atoms with E-state index in [0.29, 0.717) is 29.9 Å². The SMILES string of the molecule is CC(C)C1OCCCC1CNC(=O)c1cn[nH]c1C1CCNC1. The van der Waals surface area contributed by atoms with E-state index in [0.717, 1.165) is 44.7 Å². The van der Waals surface area contributed by atoms with Gasteiger partial charge in [0.2, 0.25) is 0 Å². The summed E-state index contributed by atoms with van der Waals surface area (Å²) in [5.74, 6) is 1.22. The quantitative estimate of drug-likeness (QED) is 0.771. The molecule has 0 bridgehead atoms. The maximum Gasteiger partial charge on any atom is 0.254 e. The summed E-state index contributed by atoms with van der Waals surface area (Å²) < 4.78 is 5.90. The van der Waals surface area contributed by atoms with Gasteiger partial charge in [-0.1, -0.05) is 13.8 Å². The molecule has 2 aliphatic rings. The van der Waals surface area contributed by atoms with Gasteiger partial charge in [-0.15, -0.1) is 0 Å². The predicted octanol–water partition coefficient (Wildman–Crippen LogP) is 1.67. The average Bonchev–Trinajstić information content (AvgIpc) is 3.23. The number of carbonyl (C=O) groups excluding carboxylic acids is 1. The molecule has 3 rings (SSSR count). The molecule has 2 saturated heterocycles. The zero-order valence-corrected chi connectivity index (χ0v) is 14.1. The smallest absolute Gasteiger partial charge is 0.254 e. The highest BCUT2D eigenvalue weighted by molar-refractivity contribution is 5.95. The molecule has 0 aliphatic carbocycles. The molecule has 23 heavy (non-hydrogen) atoms. The van der Waals surface area contributed by atoms with Crippen molar-refractivity contribution in [1.29, 1.82) is 0 Å². The molecular formula is C17H28N4O2. The molecule has 0 aromatic carbocycles. The molecule has 2 aliphatic heterocycles. The van der Waals surface area contributed by atoms with E-state index in [9.17, 15) is 4.79 Å². The minimum absolute atomic E-state index is 0.0197. The number of hydrogen-bond acceptors (Lipinski definition) is 4. The van der Waals surface area contributed by atoms with Crippen molar-refractivity contribution in [3.8, 4) is 0 Å². The number of nitrogens with zero attached hydrogens (tertiary/aromatic N) is 1. The van der Waals surface area contributed by atoms with Crippen LogP contribution in [0.1, 0.15) is 55.1 Å². The monoisotopic (exact) mass is 320 g/mol. The normalized spacial score (nSPS) is 28.2. The zero-order chi connectivity index (χ0) is 16.2. The maximum absolute atomic E-state index is 12.6. The number of aromatic amines is 1. The van der Waals surface area contributed by atoms with Crippen molar-refractivity contribution in [2.24, 2.45) is 11.8 Å². The lowest BCUT2D eigenvalue weighted by atomic mass is 9.87. The topological polar surface area (TPSA) is 79.0 Å². The Balaban J connectivity index is 1.60. The number of amides is 1. The van der Waals surface area contributed by atoms with Gasteiger partial charge >= 0.3 is 0 Å². The molecule has 6 heteroatoms. The Bertz CT molecular complexity index is 522. The first kappa shape index (κ1) is 16.5. The summed E-state index contributed by atoms with van der Waals surface area (Å²) in [6.45, 7) is 7.80. The van der Waals surface area contributed by atoms with Gasteiger partial charge in [0, 0.05) is 31.5 Å². The predicted molar refractivity (Wildman–Crippen MR) is 88.5 cm³/mol. The fourth-order valence-corrected chi connectivity index (χ4v) is 3.83. The fraction of sp³-hybridized carbons (Fsp3) is 0.765. The van der Waals surface area contributed by atoms with Crippen LogP contribution in [0.2, 0.25) is 0 Å². The van der Waals surface area contributed by atoms with Gasteiger partial charge in [0.05, 0.1) is 23.6 Å². The molecule has 0 radical (unpaired) electrons. The Labute approximate surface area is 137 Å². The molecule has 2 fully saturated rings. The molecule has 1 amide bonds. The van der Waals surface area contributed by atoms with E-state index in [4.69, 9.17) is 4.74 Å². The highest BCUT2D eigenvalue weighted by Crippen LogP contribution is 2.26. The van der Waals surface area contributed by atoms with Crippen molar-refractivity contribution in [3.63, 3.8) is 0 Å². The van der Waals surface area contributed by atoms with Crippen LogP contribution in [0.25, 0.3) is 0 Å². The second kappa shape index (κ2) is 7.45. The minimum Gasteiger partial charge on any atom is -0.378 e. The van der Waals surface area contributed by atoms with Gasteiger partial charge in [0.15, 0.2) is 0 Å². The Morgan fingerprint density at radius 1 is 1.48 bits per heavy atom. The Morgan fingerprint density at radius 3 is 3.09 bits per heavy atom. The highest BCUT2D eigenvalue weighted by Gasteiger charge is 2.30.